The second-order valence-corrected chi connectivity index (χ2v) is 1.68. The minimum atomic E-state index is 0.576. The maximum atomic E-state index is 5.05. The summed E-state index contributed by atoms with van der Waals surface area (Å²) in [7, 11) is 0. The Morgan fingerprint density at radius 3 is 3.00 bits per heavy atom. The summed E-state index contributed by atoms with van der Waals surface area (Å²) >= 11 is 0. The topological polar surface area (TPSA) is 26.0 Å². The minimum Gasteiger partial charge on any atom is -0.360 e. The lowest BCUT2D eigenvalue weighted by Crippen LogP contribution is -1.68. The van der Waals surface area contributed by atoms with Crippen LogP contribution in [0.25, 0.3) is 0 Å². The first-order valence-electron chi connectivity index (χ1n) is 2.79. The van der Waals surface area contributed by atoms with Gasteiger partial charge in [-0.3, -0.25) is 0 Å². The summed E-state index contributed by atoms with van der Waals surface area (Å²) in [6.45, 7) is 1.99. The van der Waals surface area contributed by atoms with Gasteiger partial charge in [0.15, 0.2) is 5.69 Å². The molecule has 0 bridgehead atoms. The van der Waals surface area contributed by atoms with Crippen LogP contribution in [-0.2, 0) is 6.42 Å². The van der Waals surface area contributed by atoms with Crippen molar-refractivity contribution in [1.82, 2.24) is 5.16 Å². The van der Waals surface area contributed by atoms with Crippen LogP contribution in [0.3, 0.4) is 0 Å². The van der Waals surface area contributed by atoms with E-state index in [9.17, 15) is 0 Å². The number of rotatable bonds is 1. The number of aryl methyl sites for hydroxylation is 1. The van der Waals surface area contributed by atoms with Gasteiger partial charge < -0.3 is 4.52 Å². The highest BCUT2D eigenvalue weighted by atomic mass is 16.5. The zero-order chi connectivity index (χ0) is 6.69. The molecule has 1 aromatic heterocycles. The molecule has 0 amide bonds. The molecule has 0 aliphatic rings. The third kappa shape index (κ3) is 1.11. The van der Waals surface area contributed by atoms with E-state index in [-0.39, 0.29) is 0 Å². The fourth-order valence-corrected chi connectivity index (χ4v) is 0.548. The molecule has 0 aliphatic heterocycles. The zero-order valence-corrected chi connectivity index (χ0v) is 5.22. The van der Waals surface area contributed by atoms with Crippen molar-refractivity contribution in [3.05, 3.63) is 17.5 Å². The van der Waals surface area contributed by atoms with Gasteiger partial charge in [-0.05, 0) is 5.92 Å². The molecular weight excluding hydrogens is 114 g/mol. The molecule has 1 heterocycles. The van der Waals surface area contributed by atoms with Crippen LogP contribution in [0.2, 0.25) is 0 Å². The van der Waals surface area contributed by atoms with Gasteiger partial charge in [-0.2, -0.15) is 0 Å². The fraction of sp³-hybridized carbons (Fsp3) is 0.286. The lowest BCUT2D eigenvalue weighted by molar-refractivity contribution is 0.385. The first-order valence-corrected chi connectivity index (χ1v) is 2.79. The highest BCUT2D eigenvalue weighted by Crippen LogP contribution is 2.01. The number of hydrogen-bond donors (Lipinski definition) is 0. The molecule has 2 nitrogen and oxygen atoms in total. The van der Waals surface area contributed by atoms with Crippen LogP contribution in [0.15, 0.2) is 10.6 Å². The maximum Gasteiger partial charge on any atom is 0.156 e. The lowest BCUT2D eigenvalue weighted by atomic mass is 10.3. The van der Waals surface area contributed by atoms with E-state index in [4.69, 9.17) is 10.9 Å². The molecular formula is C7H7NO. The van der Waals surface area contributed by atoms with Crippen molar-refractivity contribution in [3.8, 4) is 12.3 Å². The van der Waals surface area contributed by atoms with E-state index >= 15 is 0 Å². The molecule has 0 fully saturated rings. The minimum absolute atomic E-state index is 0.576. The summed E-state index contributed by atoms with van der Waals surface area (Å²) in [5.74, 6) is 3.21. The van der Waals surface area contributed by atoms with Gasteiger partial charge in [0.25, 0.3) is 0 Å². The molecule has 9 heavy (non-hydrogen) atoms. The normalized spacial score (nSPS) is 8.89. The number of aromatic nitrogens is 1. The van der Waals surface area contributed by atoms with Gasteiger partial charge in [0.1, 0.15) is 5.76 Å². The Morgan fingerprint density at radius 1 is 1.89 bits per heavy atom. The standard InChI is InChI=1S/C7H7NO/c1-3-6-5-7(4-2)9-8-6/h1,5H,4H2,2H3. The molecule has 0 saturated carbocycles. The fourth-order valence-electron chi connectivity index (χ4n) is 0.548. The average Bonchev–Trinajstić information content (AvgIpc) is 2.34. The highest BCUT2D eigenvalue weighted by molar-refractivity contribution is 5.23. The number of hydrogen-bond acceptors (Lipinski definition) is 2. The molecule has 0 aliphatic carbocycles. The first kappa shape index (κ1) is 5.90. The Hall–Kier alpha value is -1.23. The van der Waals surface area contributed by atoms with Crippen LogP contribution < -0.4 is 0 Å². The third-order valence-electron chi connectivity index (χ3n) is 1.06. The van der Waals surface area contributed by atoms with Gasteiger partial charge in [0.2, 0.25) is 0 Å². The van der Waals surface area contributed by atoms with Crippen LogP contribution in [0.1, 0.15) is 18.4 Å². The van der Waals surface area contributed by atoms with Crippen LogP contribution in [0.4, 0.5) is 0 Å². The van der Waals surface area contributed by atoms with Gasteiger partial charge in [-0.1, -0.05) is 12.1 Å². The molecule has 2 heteroatoms. The Balaban J connectivity index is 2.90. The summed E-state index contributed by atoms with van der Waals surface area (Å²) in [6, 6.07) is 1.76. The molecule has 0 N–H and O–H groups in total. The van der Waals surface area contributed by atoms with Crippen molar-refractivity contribution in [2.24, 2.45) is 0 Å². The van der Waals surface area contributed by atoms with E-state index in [0.717, 1.165) is 12.2 Å². The molecule has 0 radical (unpaired) electrons. The van der Waals surface area contributed by atoms with Crippen molar-refractivity contribution in [2.45, 2.75) is 13.3 Å². The van der Waals surface area contributed by atoms with Gasteiger partial charge in [0.05, 0.1) is 0 Å². The lowest BCUT2D eigenvalue weighted by Gasteiger charge is -1.76. The van der Waals surface area contributed by atoms with Crippen molar-refractivity contribution >= 4 is 0 Å². The van der Waals surface area contributed by atoms with E-state index < -0.39 is 0 Å². The smallest absolute Gasteiger partial charge is 0.156 e. The average molecular weight is 121 g/mol. The predicted molar refractivity (Wildman–Crippen MR) is 33.8 cm³/mol. The van der Waals surface area contributed by atoms with Crippen molar-refractivity contribution in [2.75, 3.05) is 0 Å². The molecule has 46 valence electrons. The van der Waals surface area contributed by atoms with E-state index in [1.807, 2.05) is 6.92 Å². The third-order valence-corrected chi connectivity index (χ3v) is 1.06. The Bertz CT molecular complexity index is 231. The maximum absolute atomic E-state index is 5.05. The molecule has 0 atom stereocenters. The predicted octanol–water partition coefficient (Wildman–Crippen LogP) is 1.22. The summed E-state index contributed by atoms with van der Waals surface area (Å²) in [4.78, 5) is 0. The van der Waals surface area contributed by atoms with Crippen LogP contribution in [-0.4, -0.2) is 5.16 Å². The number of nitrogens with zero attached hydrogens (tertiary/aromatic N) is 1. The van der Waals surface area contributed by atoms with Crippen LogP contribution in [0.5, 0.6) is 0 Å². The SMILES string of the molecule is C#Cc1cc(CC)on1. The summed E-state index contributed by atoms with van der Waals surface area (Å²) in [5, 5.41) is 3.59. The molecule has 1 rings (SSSR count). The second kappa shape index (κ2) is 2.36. The zero-order valence-electron chi connectivity index (χ0n) is 5.22. The van der Waals surface area contributed by atoms with E-state index in [2.05, 4.69) is 11.1 Å². The van der Waals surface area contributed by atoms with Crippen molar-refractivity contribution < 1.29 is 4.52 Å². The van der Waals surface area contributed by atoms with E-state index in [1.54, 1.807) is 6.07 Å². The molecule has 0 spiro atoms. The molecule has 1 aromatic rings. The summed E-state index contributed by atoms with van der Waals surface area (Å²) < 4.78 is 4.81. The van der Waals surface area contributed by atoms with Crippen molar-refractivity contribution in [1.29, 1.82) is 0 Å². The Labute approximate surface area is 53.9 Å². The summed E-state index contributed by atoms with van der Waals surface area (Å²) in [5.41, 5.74) is 0.576. The first-order chi connectivity index (χ1) is 4.36. The quantitative estimate of drug-likeness (QED) is 0.522. The van der Waals surface area contributed by atoms with Gasteiger partial charge in [-0.15, -0.1) is 6.42 Å². The monoisotopic (exact) mass is 121 g/mol. The highest BCUT2D eigenvalue weighted by Gasteiger charge is 1.96. The van der Waals surface area contributed by atoms with Gasteiger partial charge in [0, 0.05) is 12.5 Å². The van der Waals surface area contributed by atoms with Gasteiger partial charge >= 0.3 is 0 Å². The Kier molecular flexibility index (Phi) is 1.55. The molecule has 0 unspecified atom stereocenters. The van der Waals surface area contributed by atoms with E-state index in [1.165, 1.54) is 0 Å². The second-order valence-electron chi connectivity index (χ2n) is 1.68. The van der Waals surface area contributed by atoms with Crippen LogP contribution in [0, 0.1) is 12.3 Å². The van der Waals surface area contributed by atoms with Gasteiger partial charge in [-0.25, -0.2) is 0 Å². The Morgan fingerprint density at radius 2 is 2.67 bits per heavy atom. The number of terminal acetylenes is 1. The van der Waals surface area contributed by atoms with Crippen molar-refractivity contribution in [3.63, 3.8) is 0 Å². The van der Waals surface area contributed by atoms with Crippen LogP contribution >= 0.6 is 0 Å². The van der Waals surface area contributed by atoms with E-state index in [0.29, 0.717) is 5.69 Å². The summed E-state index contributed by atoms with van der Waals surface area (Å²) in [6.07, 6.45) is 5.89. The largest absolute Gasteiger partial charge is 0.360 e. The molecule has 0 aromatic carbocycles. The molecule has 0 saturated heterocycles.